The molecule has 122 valence electrons. The predicted molar refractivity (Wildman–Crippen MR) is 89.1 cm³/mol. The van der Waals surface area contributed by atoms with Gasteiger partial charge in [0.2, 0.25) is 0 Å². The molecule has 23 heavy (non-hydrogen) atoms. The number of anilines is 1. The summed E-state index contributed by atoms with van der Waals surface area (Å²) < 4.78 is 7.04. The number of carbonyl (C=O) groups excluding carboxylic acids is 1. The monoisotopic (exact) mass is 314 g/mol. The molecule has 0 saturated carbocycles. The van der Waals surface area contributed by atoms with E-state index >= 15 is 0 Å². The highest BCUT2D eigenvalue weighted by Crippen LogP contribution is 2.22. The maximum Gasteiger partial charge on any atom is 0.409 e. The molecule has 0 aliphatic carbocycles. The van der Waals surface area contributed by atoms with Crippen molar-refractivity contribution in [2.75, 3.05) is 37.7 Å². The number of amides is 1. The van der Waals surface area contributed by atoms with Crippen LogP contribution in [0, 0.1) is 6.92 Å². The van der Waals surface area contributed by atoms with Crippen LogP contribution in [-0.2, 0) is 4.74 Å². The van der Waals surface area contributed by atoms with Gasteiger partial charge in [-0.15, -0.1) is 0 Å². The standard InChI is InChI=1S/C17H22N4O2/c1-3-23-17(22)20-11-9-19(10-12-20)16-13-14(2)18-21(16)15-7-5-4-6-8-15/h4-8,13H,3,9-12H2,1-2H3. The van der Waals surface area contributed by atoms with Gasteiger partial charge in [0.25, 0.3) is 0 Å². The van der Waals surface area contributed by atoms with E-state index in [9.17, 15) is 4.79 Å². The number of benzene rings is 1. The Morgan fingerprint density at radius 3 is 2.52 bits per heavy atom. The summed E-state index contributed by atoms with van der Waals surface area (Å²) in [6.07, 6.45) is -0.222. The van der Waals surface area contributed by atoms with E-state index < -0.39 is 0 Å². The second-order valence-corrected chi connectivity index (χ2v) is 5.56. The molecule has 2 aromatic rings. The summed E-state index contributed by atoms with van der Waals surface area (Å²) in [6.45, 7) is 7.12. The molecule has 1 saturated heterocycles. The molecule has 0 N–H and O–H groups in total. The van der Waals surface area contributed by atoms with E-state index in [0.29, 0.717) is 19.7 Å². The third kappa shape index (κ3) is 3.31. The van der Waals surface area contributed by atoms with Crippen molar-refractivity contribution in [3.63, 3.8) is 0 Å². The summed E-state index contributed by atoms with van der Waals surface area (Å²) in [7, 11) is 0. The Bertz CT molecular complexity index is 660. The minimum Gasteiger partial charge on any atom is -0.450 e. The van der Waals surface area contributed by atoms with E-state index in [1.54, 1.807) is 4.90 Å². The minimum atomic E-state index is -0.222. The Morgan fingerprint density at radius 1 is 1.17 bits per heavy atom. The number of nitrogens with zero attached hydrogens (tertiary/aromatic N) is 4. The molecule has 1 aliphatic heterocycles. The van der Waals surface area contributed by atoms with Crippen molar-refractivity contribution < 1.29 is 9.53 Å². The van der Waals surface area contributed by atoms with Crippen molar-refractivity contribution in [1.82, 2.24) is 14.7 Å². The Kier molecular flexibility index (Phi) is 4.50. The van der Waals surface area contributed by atoms with Gasteiger partial charge in [-0.3, -0.25) is 0 Å². The van der Waals surface area contributed by atoms with Gasteiger partial charge in [-0.1, -0.05) is 18.2 Å². The van der Waals surface area contributed by atoms with Crippen LogP contribution in [0.3, 0.4) is 0 Å². The zero-order valence-electron chi connectivity index (χ0n) is 13.6. The van der Waals surface area contributed by atoms with Gasteiger partial charge in [0.1, 0.15) is 5.82 Å². The first kappa shape index (κ1) is 15.4. The fraction of sp³-hybridized carbons (Fsp3) is 0.412. The summed E-state index contributed by atoms with van der Waals surface area (Å²) in [5.74, 6) is 1.07. The molecule has 0 atom stereocenters. The second-order valence-electron chi connectivity index (χ2n) is 5.56. The van der Waals surface area contributed by atoms with E-state index in [-0.39, 0.29) is 6.09 Å². The number of para-hydroxylation sites is 1. The van der Waals surface area contributed by atoms with E-state index in [1.807, 2.05) is 48.9 Å². The van der Waals surface area contributed by atoms with Gasteiger partial charge in [-0.2, -0.15) is 5.10 Å². The summed E-state index contributed by atoms with van der Waals surface area (Å²) in [4.78, 5) is 15.8. The van der Waals surface area contributed by atoms with E-state index in [4.69, 9.17) is 4.74 Å². The first-order chi connectivity index (χ1) is 11.2. The average Bonchev–Trinajstić information content (AvgIpc) is 2.98. The fourth-order valence-corrected chi connectivity index (χ4v) is 2.80. The smallest absolute Gasteiger partial charge is 0.409 e. The Morgan fingerprint density at radius 2 is 1.87 bits per heavy atom. The lowest BCUT2D eigenvalue weighted by atomic mass is 10.3. The van der Waals surface area contributed by atoms with Crippen molar-refractivity contribution in [2.45, 2.75) is 13.8 Å². The number of hydrogen-bond donors (Lipinski definition) is 0. The van der Waals surface area contributed by atoms with Gasteiger partial charge in [0.15, 0.2) is 0 Å². The quantitative estimate of drug-likeness (QED) is 0.873. The van der Waals surface area contributed by atoms with Gasteiger partial charge in [0, 0.05) is 32.2 Å². The lowest BCUT2D eigenvalue weighted by molar-refractivity contribution is 0.105. The number of piperazine rings is 1. The zero-order chi connectivity index (χ0) is 16.2. The first-order valence-corrected chi connectivity index (χ1v) is 7.98. The molecule has 1 aliphatic rings. The van der Waals surface area contributed by atoms with Crippen molar-refractivity contribution in [2.24, 2.45) is 0 Å². The van der Waals surface area contributed by atoms with Crippen molar-refractivity contribution >= 4 is 11.9 Å². The number of hydrogen-bond acceptors (Lipinski definition) is 4. The van der Waals surface area contributed by atoms with Gasteiger partial charge in [-0.25, -0.2) is 9.48 Å². The second kappa shape index (κ2) is 6.73. The van der Waals surface area contributed by atoms with Crippen LogP contribution in [0.1, 0.15) is 12.6 Å². The number of carbonyl (C=O) groups is 1. The molecule has 1 amide bonds. The third-order valence-electron chi connectivity index (χ3n) is 3.94. The highest BCUT2D eigenvalue weighted by Gasteiger charge is 2.24. The summed E-state index contributed by atoms with van der Waals surface area (Å²) in [5.41, 5.74) is 2.03. The minimum absolute atomic E-state index is 0.222. The molecule has 2 heterocycles. The van der Waals surface area contributed by atoms with Crippen LogP contribution in [0.15, 0.2) is 36.4 Å². The topological polar surface area (TPSA) is 50.6 Å². The molecule has 0 spiro atoms. The van der Waals surface area contributed by atoms with Crippen molar-refractivity contribution in [3.05, 3.63) is 42.1 Å². The highest BCUT2D eigenvalue weighted by atomic mass is 16.6. The molecule has 1 aromatic heterocycles. The lowest BCUT2D eigenvalue weighted by Crippen LogP contribution is -2.49. The first-order valence-electron chi connectivity index (χ1n) is 7.98. The molecule has 0 unspecified atom stereocenters. The molecule has 0 radical (unpaired) electrons. The van der Waals surface area contributed by atoms with Crippen LogP contribution in [0.25, 0.3) is 5.69 Å². The number of aryl methyl sites for hydroxylation is 1. The lowest BCUT2D eigenvalue weighted by Gasteiger charge is -2.35. The average molecular weight is 314 g/mol. The van der Waals surface area contributed by atoms with Crippen LogP contribution < -0.4 is 4.90 Å². The Labute approximate surface area is 136 Å². The maximum absolute atomic E-state index is 11.8. The van der Waals surface area contributed by atoms with Gasteiger partial charge in [0.05, 0.1) is 18.0 Å². The van der Waals surface area contributed by atoms with Crippen LogP contribution >= 0.6 is 0 Å². The third-order valence-corrected chi connectivity index (χ3v) is 3.94. The molecular weight excluding hydrogens is 292 g/mol. The van der Waals surface area contributed by atoms with Gasteiger partial charge < -0.3 is 14.5 Å². The predicted octanol–water partition coefficient (Wildman–Crippen LogP) is 2.46. The SMILES string of the molecule is CCOC(=O)N1CCN(c2cc(C)nn2-c2ccccc2)CC1. The van der Waals surface area contributed by atoms with E-state index in [2.05, 4.69) is 16.1 Å². The fourth-order valence-electron chi connectivity index (χ4n) is 2.80. The molecule has 6 heteroatoms. The van der Waals surface area contributed by atoms with Gasteiger partial charge >= 0.3 is 6.09 Å². The molecule has 1 aromatic carbocycles. The highest BCUT2D eigenvalue weighted by molar-refractivity contribution is 5.68. The molecule has 6 nitrogen and oxygen atoms in total. The number of ether oxygens (including phenoxy) is 1. The molecular formula is C17H22N4O2. The van der Waals surface area contributed by atoms with E-state index in [0.717, 1.165) is 30.3 Å². The number of rotatable bonds is 3. The number of aromatic nitrogens is 2. The normalized spacial score (nSPS) is 14.9. The van der Waals surface area contributed by atoms with Crippen LogP contribution in [0.4, 0.5) is 10.6 Å². The van der Waals surface area contributed by atoms with Crippen LogP contribution in [0.2, 0.25) is 0 Å². The van der Waals surface area contributed by atoms with Crippen LogP contribution in [0.5, 0.6) is 0 Å². The summed E-state index contributed by atoms with van der Waals surface area (Å²) >= 11 is 0. The summed E-state index contributed by atoms with van der Waals surface area (Å²) in [6, 6.07) is 12.2. The molecule has 0 bridgehead atoms. The van der Waals surface area contributed by atoms with Crippen molar-refractivity contribution in [3.8, 4) is 5.69 Å². The Balaban J connectivity index is 1.75. The van der Waals surface area contributed by atoms with Crippen LogP contribution in [-0.4, -0.2) is 53.6 Å². The summed E-state index contributed by atoms with van der Waals surface area (Å²) in [5, 5.41) is 4.61. The Hall–Kier alpha value is -2.50. The van der Waals surface area contributed by atoms with E-state index in [1.165, 1.54) is 0 Å². The maximum atomic E-state index is 11.8. The zero-order valence-corrected chi connectivity index (χ0v) is 13.6. The van der Waals surface area contributed by atoms with Crippen molar-refractivity contribution in [1.29, 1.82) is 0 Å². The molecule has 1 fully saturated rings. The van der Waals surface area contributed by atoms with Gasteiger partial charge in [-0.05, 0) is 26.0 Å². The largest absolute Gasteiger partial charge is 0.450 e. The molecule has 3 rings (SSSR count).